The molecule has 3 heterocycles. The fraction of sp³-hybridized carbons (Fsp3) is 0.500. The largest absolute Gasteiger partial charge is 0.368 e. The van der Waals surface area contributed by atoms with E-state index in [9.17, 15) is 0 Å². The molecule has 17 heavy (non-hydrogen) atoms. The van der Waals surface area contributed by atoms with Gasteiger partial charge in [0.15, 0.2) is 11.5 Å². The average Bonchev–Trinajstić information content (AvgIpc) is 2.75. The Morgan fingerprint density at radius 2 is 2.35 bits per heavy atom. The highest BCUT2D eigenvalue weighted by atomic mass is 15.3. The predicted octanol–water partition coefficient (Wildman–Crippen LogP) is -0.267. The van der Waals surface area contributed by atoms with Gasteiger partial charge in [-0.15, -0.1) is 0 Å². The van der Waals surface area contributed by atoms with Crippen molar-refractivity contribution in [2.75, 3.05) is 30.3 Å². The highest BCUT2D eigenvalue weighted by Gasteiger charge is 2.20. The minimum atomic E-state index is 0.269. The molecule has 1 aliphatic rings. The lowest BCUT2D eigenvalue weighted by molar-refractivity contribution is 0.483. The van der Waals surface area contributed by atoms with E-state index in [1.807, 2.05) is 0 Å². The second kappa shape index (κ2) is 3.85. The van der Waals surface area contributed by atoms with E-state index in [-0.39, 0.29) is 5.95 Å². The van der Waals surface area contributed by atoms with Crippen LogP contribution in [-0.2, 0) is 0 Å². The number of nitrogen functional groups attached to an aromatic ring is 1. The Morgan fingerprint density at radius 3 is 3.18 bits per heavy atom. The maximum Gasteiger partial charge on any atom is 0.224 e. The van der Waals surface area contributed by atoms with Crippen LogP contribution in [0, 0.1) is 0 Å². The standard InChI is InChI=1S/C10H15N7/c1-6-4-17(3-2-12-6)9-7-8(14-5-13-7)15-10(11)16-9/h5-6,12H,2-4H2,1H3,(H3,11,13,14,15,16)/t6-/m0/s1. The molecule has 0 saturated carbocycles. The van der Waals surface area contributed by atoms with Crippen molar-refractivity contribution in [2.24, 2.45) is 0 Å². The van der Waals surface area contributed by atoms with Crippen LogP contribution in [0.5, 0.6) is 0 Å². The first-order valence-electron chi connectivity index (χ1n) is 5.69. The van der Waals surface area contributed by atoms with Gasteiger partial charge in [-0.1, -0.05) is 0 Å². The van der Waals surface area contributed by atoms with Gasteiger partial charge < -0.3 is 20.9 Å². The van der Waals surface area contributed by atoms with Crippen molar-refractivity contribution in [1.82, 2.24) is 25.3 Å². The van der Waals surface area contributed by atoms with E-state index >= 15 is 0 Å². The minimum Gasteiger partial charge on any atom is -0.368 e. The smallest absolute Gasteiger partial charge is 0.224 e. The monoisotopic (exact) mass is 233 g/mol. The number of hydrogen-bond acceptors (Lipinski definition) is 6. The molecule has 7 nitrogen and oxygen atoms in total. The highest BCUT2D eigenvalue weighted by molar-refractivity contribution is 5.84. The first-order chi connectivity index (χ1) is 8.24. The maximum absolute atomic E-state index is 5.71. The van der Waals surface area contributed by atoms with E-state index in [1.54, 1.807) is 6.33 Å². The van der Waals surface area contributed by atoms with Crippen molar-refractivity contribution < 1.29 is 0 Å². The van der Waals surface area contributed by atoms with Crippen LogP contribution in [0.15, 0.2) is 6.33 Å². The Balaban J connectivity index is 2.06. The number of nitrogens with zero attached hydrogens (tertiary/aromatic N) is 4. The minimum absolute atomic E-state index is 0.269. The summed E-state index contributed by atoms with van der Waals surface area (Å²) in [6.45, 7) is 4.92. The molecule has 1 atom stereocenters. The molecule has 0 amide bonds. The van der Waals surface area contributed by atoms with Gasteiger partial charge in [-0.2, -0.15) is 9.97 Å². The van der Waals surface area contributed by atoms with Crippen LogP contribution >= 0.6 is 0 Å². The zero-order valence-electron chi connectivity index (χ0n) is 9.64. The van der Waals surface area contributed by atoms with Crippen LogP contribution in [-0.4, -0.2) is 45.6 Å². The number of piperazine rings is 1. The Kier molecular flexibility index (Phi) is 2.32. The van der Waals surface area contributed by atoms with Gasteiger partial charge in [0.1, 0.15) is 5.52 Å². The summed E-state index contributed by atoms with van der Waals surface area (Å²) in [5.74, 6) is 1.11. The van der Waals surface area contributed by atoms with Crippen molar-refractivity contribution in [3.63, 3.8) is 0 Å². The number of hydrogen-bond donors (Lipinski definition) is 3. The van der Waals surface area contributed by atoms with Crippen molar-refractivity contribution in [2.45, 2.75) is 13.0 Å². The molecule has 1 fully saturated rings. The van der Waals surface area contributed by atoms with Crippen molar-refractivity contribution in [3.05, 3.63) is 6.33 Å². The highest BCUT2D eigenvalue weighted by Crippen LogP contribution is 2.22. The van der Waals surface area contributed by atoms with Crippen LogP contribution in [0.2, 0.25) is 0 Å². The molecule has 3 rings (SSSR count). The Bertz CT molecular complexity index is 534. The molecule has 0 bridgehead atoms. The van der Waals surface area contributed by atoms with E-state index in [0.717, 1.165) is 31.0 Å². The quantitative estimate of drug-likeness (QED) is 0.627. The van der Waals surface area contributed by atoms with Gasteiger partial charge in [-0.3, -0.25) is 0 Å². The summed E-state index contributed by atoms with van der Waals surface area (Å²) in [7, 11) is 0. The van der Waals surface area contributed by atoms with Gasteiger partial charge in [0.05, 0.1) is 6.33 Å². The first kappa shape index (κ1) is 10.3. The number of nitrogens with two attached hydrogens (primary N) is 1. The average molecular weight is 233 g/mol. The second-order valence-corrected chi connectivity index (χ2v) is 4.31. The molecule has 7 heteroatoms. The number of rotatable bonds is 1. The van der Waals surface area contributed by atoms with Gasteiger partial charge in [0.2, 0.25) is 5.95 Å². The third-order valence-corrected chi connectivity index (χ3v) is 2.95. The number of H-pyrrole nitrogens is 1. The van der Waals surface area contributed by atoms with Crippen molar-refractivity contribution in [3.8, 4) is 0 Å². The summed E-state index contributed by atoms with van der Waals surface area (Å²) < 4.78 is 0. The molecule has 1 saturated heterocycles. The normalized spacial score (nSPS) is 21.0. The Morgan fingerprint density at radius 1 is 1.47 bits per heavy atom. The summed E-state index contributed by atoms with van der Waals surface area (Å²) in [4.78, 5) is 17.8. The summed E-state index contributed by atoms with van der Waals surface area (Å²) in [5, 5.41) is 3.40. The summed E-state index contributed by atoms with van der Waals surface area (Å²) >= 11 is 0. The lowest BCUT2D eigenvalue weighted by atomic mass is 10.2. The van der Waals surface area contributed by atoms with E-state index < -0.39 is 0 Å². The van der Waals surface area contributed by atoms with E-state index in [2.05, 4.69) is 37.1 Å². The van der Waals surface area contributed by atoms with Crippen LogP contribution in [0.25, 0.3) is 11.2 Å². The summed E-state index contributed by atoms with van der Waals surface area (Å²) in [6, 6.07) is 0.443. The summed E-state index contributed by atoms with van der Waals surface area (Å²) in [6.07, 6.45) is 1.62. The number of aromatic amines is 1. The second-order valence-electron chi connectivity index (χ2n) is 4.31. The fourth-order valence-electron chi connectivity index (χ4n) is 2.19. The lowest BCUT2D eigenvalue weighted by Crippen LogP contribution is -2.49. The zero-order valence-corrected chi connectivity index (χ0v) is 9.64. The number of fused-ring (bicyclic) bond motifs is 1. The lowest BCUT2D eigenvalue weighted by Gasteiger charge is -2.32. The van der Waals surface area contributed by atoms with Crippen LogP contribution < -0.4 is 16.0 Å². The van der Waals surface area contributed by atoms with Gasteiger partial charge in [-0.05, 0) is 6.92 Å². The Hall–Kier alpha value is -1.89. The zero-order chi connectivity index (χ0) is 11.8. The van der Waals surface area contributed by atoms with Crippen molar-refractivity contribution >= 4 is 22.9 Å². The van der Waals surface area contributed by atoms with E-state index in [1.165, 1.54) is 0 Å². The van der Waals surface area contributed by atoms with Crippen molar-refractivity contribution in [1.29, 1.82) is 0 Å². The fourth-order valence-corrected chi connectivity index (χ4v) is 2.19. The molecule has 1 aliphatic heterocycles. The van der Waals surface area contributed by atoms with Gasteiger partial charge in [0, 0.05) is 25.7 Å². The van der Waals surface area contributed by atoms with Gasteiger partial charge >= 0.3 is 0 Å². The third-order valence-electron chi connectivity index (χ3n) is 2.95. The molecule has 0 aliphatic carbocycles. The third kappa shape index (κ3) is 1.78. The molecule has 0 radical (unpaired) electrons. The molecular weight excluding hydrogens is 218 g/mol. The van der Waals surface area contributed by atoms with Gasteiger partial charge in [0.25, 0.3) is 0 Å². The molecule has 2 aromatic heterocycles. The molecule has 0 unspecified atom stereocenters. The first-order valence-corrected chi connectivity index (χ1v) is 5.69. The molecule has 4 N–H and O–H groups in total. The SMILES string of the molecule is C[C@H]1CN(c2nc(N)nc3nc[nH]c23)CCN1. The predicted molar refractivity (Wildman–Crippen MR) is 65.8 cm³/mol. The molecular formula is C10H15N7. The topological polar surface area (TPSA) is 95.8 Å². The van der Waals surface area contributed by atoms with E-state index in [4.69, 9.17) is 5.73 Å². The summed E-state index contributed by atoms with van der Waals surface area (Å²) in [5.41, 5.74) is 7.19. The molecule has 2 aromatic rings. The van der Waals surface area contributed by atoms with Crippen LogP contribution in [0.1, 0.15) is 6.92 Å². The number of nitrogens with one attached hydrogen (secondary N) is 2. The number of aromatic nitrogens is 4. The van der Waals surface area contributed by atoms with Crippen LogP contribution in [0.3, 0.4) is 0 Å². The Labute approximate surface area is 98.4 Å². The van der Waals surface area contributed by atoms with E-state index in [0.29, 0.717) is 11.7 Å². The molecule has 0 spiro atoms. The van der Waals surface area contributed by atoms with Crippen LogP contribution in [0.4, 0.5) is 11.8 Å². The number of imidazole rings is 1. The van der Waals surface area contributed by atoms with Gasteiger partial charge in [-0.25, -0.2) is 4.98 Å². The molecule has 0 aromatic carbocycles. The molecule has 90 valence electrons. The number of anilines is 2. The maximum atomic E-state index is 5.71.